The third-order valence-electron chi connectivity index (χ3n) is 1.44. The van der Waals surface area contributed by atoms with Gasteiger partial charge in [-0.25, -0.2) is 0 Å². The highest BCUT2D eigenvalue weighted by atomic mass is 32.2. The number of carbonyl (C=O) groups excluding carboxylic acids is 1. The molecule has 0 aliphatic carbocycles. The number of carbonyl (C=O) groups is 1. The minimum Gasteiger partial charge on any atom is -0.369 e. The lowest BCUT2D eigenvalue weighted by Gasteiger charge is -2.07. The maximum Gasteiger partial charge on any atom is 0.230 e. The van der Waals surface area contributed by atoms with Crippen molar-refractivity contribution < 1.29 is 4.79 Å². The third-order valence-corrected chi connectivity index (χ3v) is 3.90. The summed E-state index contributed by atoms with van der Waals surface area (Å²) in [7, 11) is 0. The van der Waals surface area contributed by atoms with Crippen LogP contribution in [-0.2, 0) is 4.79 Å². The van der Waals surface area contributed by atoms with Crippen LogP contribution in [0.1, 0.15) is 13.3 Å². The van der Waals surface area contributed by atoms with E-state index in [1.165, 1.54) is 0 Å². The lowest BCUT2D eigenvalue weighted by molar-refractivity contribution is -0.117. The number of primary amides is 1. The molecule has 1 rings (SSSR count). The summed E-state index contributed by atoms with van der Waals surface area (Å²) >= 11 is 3.19. The second-order valence-corrected chi connectivity index (χ2v) is 4.80. The second kappa shape index (κ2) is 4.52. The lowest BCUT2D eigenvalue weighted by Crippen LogP contribution is -2.24. The van der Waals surface area contributed by atoms with Gasteiger partial charge in [-0.15, -0.1) is 23.1 Å². The van der Waals surface area contributed by atoms with E-state index in [1.807, 2.05) is 24.4 Å². The van der Waals surface area contributed by atoms with Gasteiger partial charge in [-0.2, -0.15) is 0 Å². The first kappa shape index (κ1) is 9.61. The van der Waals surface area contributed by atoms with Crippen molar-refractivity contribution >= 4 is 29.0 Å². The minimum atomic E-state index is -0.226. The number of thioether (sulfide) groups is 1. The van der Waals surface area contributed by atoms with Crippen LogP contribution in [0.5, 0.6) is 0 Å². The van der Waals surface area contributed by atoms with E-state index >= 15 is 0 Å². The summed E-state index contributed by atoms with van der Waals surface area (Å²) < 4.78 is 1.15. The zero-order valence-corrected chi connectivity index (χ0v) is 8.45. The van der Waals surface area contributed by atoms with E-state index in [4.69, 9.17) is 5.73 Å². The first-order valence-corrected chi connectivity index (χ1v) is 5.49. The molecule has 0 spiro atoms. The average molecular weight is 201 g/mol. The minimum absolute atomic E-state index is 0.0800. The van der Waals surface area contributed by atoms with Gasteiger partial charge in [0, 0.05) is 0 Å². The zero-order valence-electron chi connectivity index (χ0n) is 6.82. The average Bonchev–Trinajstić information content (AvgIpc) is 2.51. The lowest BCUT2D eigenvalue weighted by atomic mass is 10.3. The van der Waals surface area contributed by atoms with E-state index in [1.54, 1.807) is 23.1 Å². The Morgan fingerprint density at radius 2 is 2.58 bits per heavy atom. The zero-order chi connectivity index (χ0) is 8.97. The Morgan fingerprint density at radius 3 is 3.00 bits per heavy atom. The molecule has 1 aromatic rings. The topological polar surface area (TPSA) is 43.1 Å². The molecule has 1 aromatic heterocycles. The molecule has 66 valence electrons. The highest BCUT2D eigenvalue weighted by Crippen LogP contribution is 2.28. The molecule has 1 atom stereocenters. The Kier molecular flexibility index (Phi) is 3.62. The van der Waals surface area contributed by atoms with E-state index in [2.05, 4.69) is 0 Å². The molecule has 2 N–H and O–H groups in total. The summed E-state index contributed by atoms with van der Waals surface area (Å²) in [5, 5.41) is 1.92. The van der Waals surface area contributed by atoms with Gasteiger partial charge < -0.3 is 5.73 Å². The van der Waals surface area contributed by atoms with Gasteiger partial charge in [0.25, 0.3) is 0 Å². The fourth-order valence-corrected chi connectivity index (χ4v) is 2.72. The van der Waals surface area contributed by atoms with Crippen molar-refractivity contribution in [2.75, 3.05) is 0 Å². The van der Waals surface area contributed by atoms with Crippen molar-refractivity contribution in [3.8, 4) is 0 Å². The summed E-state index contributed by atoms with van der Waals surface area (Å²) in [6.07, 6.45) is 0.790. The summed E-state index contributed by atoms with van der Waals surface area (Å²) in [6.45, 7) is 1.97. The number of thiophene rings is 1. The van der Waals surface area contributed by atoms with Gasteiger partial charge >= 0.3 is 0 Å². The quantitative estimate of drug-likeness (QED) is 0.758. The summed E-state index contributed by atoms with van der Waals surface area (Å²) in [6, 6.07) is 3.97. The monoisotopic (exact) mass is 201 g/mol. The van der Waals surface area contributed by atoms with Crippen molar-refractivity contribution in [2.45, 2.75) is 22.8 Å². The molecule has 0 bridgehead atoms. The Bertz CT molecular complexity index is 246. The van der Waals surface area contributed by atoms with Gasteiger partial charge in [-0.3, -0.25) is 4.79 Å². The van der Waals surface area contributed by atoms with E-state index < -0.39 is 0 Å². The van der Waals surface area contributed by atoms with Crippen molar-refractivity contribution in [1.29, 1.82) is 0 Å². The van der Waals surface area contributed by atoms with Crippen LogP contribution in [0.3, 0.4) is 0 Å². The first-order chi connectivity index (χ1) is 5.74. The van der Waals surface area contributed by atoms with Crippen LogP contribution in [-0.4, -0.2) is 11.2 Å². The van der Waals surface area contributed by atoms with E-state index in [0.29, 0.717) is 0 Å². The molecule has 0 aliphatic heterocycles. The summed E-state index contributed by atoms with van der Waals surface area (Å²) in [4.78, 5) is 10.9. The number of nitrogens with two attached hydrogens (primary N) is 1. The van der Waals surface area contributed by atoms with Crippen LogP contribution >= 0.6 is 23.1 Å². The molecule has 0 aliphatic rings. The Morgan fingerprint density at radius 1 is 1.83 bits per heavy atom. The van der Waals surface area contributed by atoms with Crippen LogP contribution < -0.4 is 5.73 Å². The van der Waals surface area contributed by atoms with Crippen molar-refractivity contribution in [3.63, 3.8) is 0 Å². The first-order valence-electron chi connectivity index (χ1n) is 3.73. The van der Waals surface area contributed by atoms with Crippen molar-refractivity contribution in [1.82, 2.24) is 0 Å². The van der Waals surface area contributed by atoms with Gasteiger partial charge in [0.05, 0.1) is 9.46 Å². The molecular weight excluding hydrogens is 190 g/mol. The van der Waals surface area contributed by atoms with E-state index in [9.17, 15) is 4.79 Å². The van der Waals surface area contributed by atoms with Crippen LogP contribution in [0.25, 0.3) is 0 Å². The number of rotatable bonds is 4. The largest absolute Gasteiger partial charge is 0.369 e. The molecule has 0 radical (unpaired) electrons. The molecule has 0 aromatic carbocycles. The van der Waals surface area contributed by atoms with Crippen LogP contribution in [0.15, 0.2) is 21.7 Å². The Balaban J connectivity index is 2.54. The molecule has 1 amide bonds. The predicted octanol–water partition coefficient (Wildman–Crippen LogP) is 2.10. The SMILES string of the molecule is CCC(Sc1cccs1)C(N)=O. The van der Waals surface area contributed by atoms with Gasteiger partial charge in [-0.1, -0.05) is 13.0 Å². The molecule has 0 saturated carbocycles. The van der Waals surface area contributed by atoms with E-state index in [0.717, 1.165) is 10.6 Å². The molecule has 0 saturated heterocycles. The number of amides is 1. The summed E-state index contributed by atoms with van der Waals surface area (Å²) in [5.74, 6) is -0.226. The highest BCUT2D eigenvalue weighted by Gasteiger charge is 2.14. The van der Waals surface area contributed by atoms with Crippen LogP contribution in [0, 0.1) is 0 Å². The molecule has 4 heteroatoms. The van der Waals surface area contributed by atoms with Crippen LogP contribution in [0.2, 0.25) is 0 Å². The van der Waals surface area contributed by atoms with Crippen LogP contribution in [0.4, 0.5) is 0 Å². The maximum absolute atomic E-state index is 10.9. The van der Waals surface area contributed by atoms with Crippen molar-refractivity contribution in [2.24, 2.45) is 5.73 Å². The smallest absolute Gasteiger partial charge is 0.230 e. The molecule has 1 heterocycles. The predicted molar refractivity (Wildman–Crippen MR) is 53.4 cm³/mol. The second-order valence-electron chi connectivity index (χ2n) is 2.35. The standard InChI is InChI=1S/C8H11NOS2/c1-2-6(8(9)10)12-7-4-3-5-11-7/h3-6H,2H2,1H3,(H2,9,10). The molecular formula is C8H11NOS2. The summed E-state index contributed by atoms with van der Waals surface area (Å²) in [5.41, 5.74) is 5.21. The maximum atomic E-state index is 10.9. The van der Waals surface area contributed by atoms with Gasteiger partial charge in [0.15, 0.2) is 0 Å². The number of hydrogen-bond donors (Lipinski definition) is 1. The highest BCUT2D eigenvalue weighted by molar-refractivity contribution is 8.02. The third kappa shape index (κ3) is 2.53. The van der Waals surface area contributed by atoms with Gasteiger partial charge in [0.2, 0.25) is 5.91 Å². The number of hydrogen-bond acceptors (Lipinski definition) is 3. The van der Waals surface area contributed by atoms with Crippen molar-refractivity contribution in [3.05, 3.63) is 17.5 Å². The van der Waals surface area contributed by atoms with E-state index in [-0.39, 0.29) is 11.2 Å². The van der Waals surface area contributed by atoms with Gasteiger partial charge in [0.1, 0.15) is 0 Å². The van der Waals surface area contributed by atoms with Gasteiger partial charge in [-0.05, 0) is 17.9 Å². The Hall–Kier alpha value is -0.480. The molecule has 2 nitrogen and oxygen atoms in total. The molecule has 0 fully saturated rings. The fraction of sp³-hybridized carbons (Fsp3) is 0.375. The fourth-order valence-electron chi connectivity index (χ4n) is 0.813. The molecule has 1 unspecified atom stereocenters. The Labute approximate surface area is 80.2 Å². The normalized spacial score (nSPS) is 12.8. The molecule has 12 heavy (non-hydrogen) atoms.